The number of ether oxygens (including phenoxy) is 2. The predicted octanol–water partition coefficient (Wildman–Crippen LogP) is 4.51. The van der Waals surface area contributed by atoms with Crippen LogP contribution >= 0.6 is 22.6 Å². The van der Waals surface area contributed by atoms with Gasteiger partial charge >= 0.3 is 5.97 Å². The van der Waals surface area contributed by atoms with E-state index < -0.39 is 5.41 Å². The summed E-state index contributed by atoms with van der Waals surface area (Å²) in [6.07, 6.45) is 3.83. The molecule has 0 fully saturated rings. The fourth-order valence-electron chi connectivity index (χ4n) is 1.42. The Balaban J connectivity index is 3.06. The van der Waals surface area contributed by atoms with E-state index in [0.717, 1.165) is 9.13 Å². The van der Waals surface area contributed by atoms with Gasteiger partial charge in [-0.25, -0.2) is 0 Å². The van der Waals surface area contributed by atoms with Gasteiger partial charge in [-0.15, -0.1) is 0 Å². The highest BCUT2D eigenvalue weighted by atomic mass is 127. The number of hydrogen-bond donors (Lipinski definition) is 0. The third kappa shape index (κ3) is 4.81. The van der Waals surface area contributed by atoms with Crippen molar-refractivity contribution in [2.24, 2.45) is 5.41 Å². The molecule has 0 unspecified atom stereocenters. The molecule has 1 rings (SSSR count). The number of halogens is 1. The molecule has 3 nitrogen and oxygen atoms in total. The fourth-order valence-corrected chi connectivity index (χ4v) is 2.17. The number of carbonyl (C=O) groups excluding carboxylic acids is 1. The number of aryl methyl sites for hydroxylation is 1. The van der Waals surface area contributed by atoms with Crippen LogP contribution in [0.2, 0.25) is 0 Å². The Morgan fingerprint density at radius 2 is 2.00 bits per heavy atom. The SMILES string of the molecule is C/C=C/COc1cc(I)cc(C)c1OC(=O)C(C)(C)C. The highest BCUT2D eigenvalue weighted by Crippen LogP contribution is 2.34. The number of benzene rings is 1. The summed E-state index contributed by atoms with van der Waals surface area (Å²) < 4.78 is 12.3. The molecule has 0 bridgehead atoms. The smallest absolute Gasteiger partial charge is 0.316 e. The van der Waals surface area contributed by atoms with Crippen molar-refractivity contribution in [3.05, 3.63) is 33.4 Å². The average molecular weight is 388 g/mol. The molecule has 0 radical (unpaired) electrons. The molecule has 110 valence electrons. The van der Waals surface area contributed by atoms with Crippen LogP contribution in [0.4, 0.5) is 0 Å². The fraction of sp³-hybridized carbons (Fsp3) is 0.438. The summed E-state index contributed by atoms with van der Waals surface area (Å²) in [5.41, 5.74) is 0.348. The quantitative estimate of drug-likeness (QED) is 0.330. The zero-order valence-corrected chi connectivity index (χ0v) is 14.8. The Morgan fingerprint density at radius 1 is 1.35 bits per heavy atom. The Kier molecular flexibility index (Phi) is 6.05. The van der Waals surface area contributed by atoms with Crippen molar-refractivity contribution < 1.29 is 14.3 Å². The molecule has 1 aromatic rings. The van der Waals surface area contributed by atoms with E-state index >= 15 is 0 Å². The number of esters is 1. The van der Waals surface area contributed by atoms with Crippen molar-refractivity contribution in [3.8, 4) is 11.5 Å². The van der Waals surface area contributed by atoms with E-state index in [1.807, 2.05) is 58.9 Å². The molecule has 0 aliphatic rings. The minimum absolute atomic E-state index is 0.266. The summed E-state index contributed by atoms with van der Waals surface area (Å²) in [5, 5.41) is 0. The molecule has 4 heteroatoms. The molecule has 0 aliphatic carbocycles. The lowest BCUT2D eigenvalue weighted by atomic mass is 9.97. The Hall–Kier alpha value is -1.04. The summed E-state index contributed by atoms with van der Waals surface area (Å²) in [6.45, 7) is 9.79. The first-order chi connectivity index (χ1) is 9.25. The maximum absolute atomic E-state index is 12.1. The van der Waals surface area contributed by atoms with Gasteiger partial charge in [0.25, 0.3) is 0 Å². The lowest BCUT2D eigenvalue weighted by molar-refractivity contribution is -0.143. The lowest BCUT2D eigenvalue weighted by Gasteiger charge is -2.19. The van der Waals surface area contributed by atoms with Crippen molar-refractivity contribution in [1.82, 2.24) is 0 Å². The summed E-state index contributed by atoms with van der Waals surface area (Å²) >= 11 is 2.22. The van der Waals surface area contributed by atoms with Crippen molar-refractivity contribution >= 4 is 28.6 Å². The lowest BCUT2D eigenvalue weighted by Crippen LogP contribution is -2.26. The molecule has 0 amide bonds. The Morgan fingerprint density at radius 3 is 2.55 bits per heavy atom. The minimum Gasteiger partial charge on any atom is -0.486 e. The van der Waals surface area contributed by atoms with Crippen LogP contribution < -0.4 is 9.47 Å². The molecule has 0 spiro atoms. The second-order valence-corrected chi connectivity index (χ2v) is 6.82. The Labute approximate surface area is 134 Å². The maximum Gasteiger partial charge on any atom is 0.316 e. The maximum atomic E-state index is 12.1. The van der Waals surface area contributed by atoms with E-state index in [9.17, 15) is 4.79 Å². The first-order valence-electron chi connectivity index (χ1n) is 6.52. The minimum atomic E-state index is -0.546. The van der Waals surface area contributed by atoms with Crippen molar-refractivity contribution in [1.29, 1.82) is 0 Å². The van der Waals surface area contributed by atoms with Crippen molar-refractivity contribution in [3.63, 3.8) is 0 Å². The van der Waals surface area contributed by atoms with Gasteiger partial charge in [0.05, 0.1) is 5.41 Å². The van der Waals surface area contributed by atoms with E-state index in [4.69, 9.17) is 9.47 Å². The molecule has 20 heavy (non-hydrogen) atoms. The zero-order chi connectivity index (χ0) is 15.3. The number of allylic oxidation sites excluding steroid dienone is 1. The van der Waals surface area contributed by atoms with Crippen LogP contribution in [0, 0.1) is 15.9 Å². The van der Waals surface area contributed by atoms with E-state index in [-0.39, 0.29) is 5.97 Å². The van der Waals surface area contributed by atoms with Gasteiger partial charge in [0.2, 0.25) is 0 Å². The van der Waals surface area contributed by atoms with Crippen molar-refractivity contribution in [2.75, 3.05) is 6.61 Å². The van der Waals surface area contributed by atoms with Crippen LogP contribution in [-0.2, 0) is 4.79 Å². The monoisotopic (exact) mass is 388 g/mol. The topological polar surface area (TPSA) is 35.5 Å². The van der Waals surface area contributed by atoms with Crippen LogP contribution in [0.5, 0.6) is 11.5 Å². The average Bonchev–Trinajstić information content (AvgIpc) is 2.32. The summed E-state index contributed by atoms with van der Waals surface area (Å²) in [5.74, 6) is 0.845. The van der Waals surface area contributed by atoms with Gasteiger partial charge in [-0.1, -0.05) is 12.2 Å². The van der Waals surface area contributed by atoms with E-state index in [0.29, 0.717) is 18.1 Å². The van der Waals surface area contributed by atoms with Crippen LogP contribution in [0.1, 0.15) is 33.3 Å². The third-order valence-electron chi connectivity index (χ3n) is 2.58. The van der Waals surface area contributed by atoms with Crippen LogP contribution in [0.3, 0.4) is 0 Å². The molecular weight excluding hydrogens is 367 g/mol. The van der Waals surface area contributed by atoms with Crippen LogP contribution in [0.25, 0.3) is 0 Å². The first-order valence-corrected chi connectivity index (χ1v) is 7.60. The van der Waals surface area contributed by atoms with Gasteiger partial charge in [-0.3, -0.25) is 4.79 Å². The molecular formula is C16H21IO3. The van der Waals surface area contributed by atoms with E-state index in [1.165, 1.54) is 0 Å². The summed E-state index contributed by atoms with van der Waals surface area (Å²) in [7, 11) is 0. The van der Waals surface area contributed by atoms with E-state index in [1.54, 1.807) is 0 Å². The summed E-state index contributed by atoms with van der Waals surface area (Å²) in [6, 6.07) is 3.84. The summed E-state index contributed by atoms with van der Waals surface area (Å²) in [4.78, 5) is 12.1. The van der Waals surface area contributed by atoms with Crippen LogP contribution in [0.15, 0.2) is 24.3 Å². The van der Waals surface area contributed by atoms with Gasteiger partial charge in [0.15, 0.2) is 11.5 Å². The molecule has 0 N–H and O–H groups in total. The zero-order valence-electron chi connectivity index (χ0n) is 12.6. The van der Waals surface area contributed by atoms with Gasteiger partial charge in [-0.05, 0) is 74.9 Å². The standard InChI is InChI=1S/C16H21IO3/c1-6-7-8-19-13-10-12(17)9-11(2)14(13)20-15(18)16(3,4)5/h6-7,9-10H,8H2,1-5H3/b7-6+. The molecule has 0 aromatic heterocycles. The molecule has 0 atom stereocenters. The molecule has 0 heterocycles. The molecule has 0 saturated carbocycles. The predicted molar refractivity (Wildman–Crippen MR) is 89.3 cm³/mol. The largest absolute Gasteiger partial charge is 0.486 e. The first kappa shape index (κ1) is 17.0. The normalized spacial score (nSPS) is 11.7. The second kappa shape index (κ2) is 7.11. The van der Waals surface area contributed by atoms with E-state index in [2.05, 4.69) is 22.6 Å². The van der Waals surface area contributed by atoms with Crippen LogP contribution in [-0.4, -0.2) is 12.6 Å². The molecule has 1 aromatic carbocycles. The number of hydrogen-bond acceptors (Lipinski definition) is 3. The van der Waals surface area contributed by atoms with Gasteiger partial charge in [0.1, 0.15) is 6.61 Å². The highest BCUT2D eigenvalue weighted by molar-refractivity contribution is 14.1. The molecule has 0 saturated heterocycles. The Bertz CT molecular complexity index is 513. The van der Waals surface area contributed by atoms with Crippen molar-refractivity contribution in [2.45, 2.75) is 34.6 Å². The highest BCUT2D eigenvalue weighted by Gasteiger charge is 2.25. The number of rotatable bonds is 4. The second-order valence-electron chi connectivity index (χ2n) is 5.57. The third-order valence-corrected chi connectivity index (χ3v) is 3.21. The molecule has 0 aliphatic heterocycles. The van der Waals surface area contributed by atoms with Gasteiger partial charge < -0.3 is 9.47 Å². The van der Waals surface area contributed by atoms with Gasteiger partial charge in [-0.2, -0.15) is 0 Å². The number of carbonyl (C=O) groups is 1. The van der Waals surface area contributed by atoms with Gasteiger partial charge in [0, 0.05) is 3.57 Å².